The van der Waals surface area contributed by atoms with E-state index in [1.54, 1.807) is 13.2 Å². The number of benzene rings is 1. The van der Waals surface area contributed by atoms with Crippen molar-refractivity contribution in [2.45, 2.75) is 31.6 Å². The van der Waals surface area contributed by atoms with Gasteiger partial charge >= 0.3 is 0 Å². The van der Waals surface area contributed by atoms with Crippen molar-refractivity contribution in [2.75, 3.05) is 12.4 Å². The van der Waals surface area contributed by atoms with E-state index in [-0.39, 0.29) is 11.8 Å². The van der Waals surface area contributed by atoms with Crippen molar-refractivity contribution in [1.82, 2.24) is 4.98 Å². The molecule has 1 aromatic carbocycles. The molecule has 1 N–H and O–H groups in total. The Balaban J connectivity index is 1.82. The summed E-state index contributed by atoms with van der Waals surface area (Å²) in [7, 11) is 1.67. The number of methoxy groups -OCH3 is 1. The zero-order valence-electron chi connectivity index (χ0n) is 13.2. The summed E-state index contributed by atoms with van der Waals surface area (Å²) in [4.78, 5) is 17.2. The number of ether oxygens (including phenoxy) is 1. The molecule has 4 nitrogen and oxygen atoms in total. The smallest absolute Gasteiger partial charge is 0.235 e. The Morgan fingerprint density at radius 1 is 1.39 bits per heavy atom. The number of rotatable bonds is 2. The largest absolute Gasteiger partial charge is 0.496 e. The van der Waals surface area contributed by atoms with Crippen LogP contribution in [0.5, 0.6) is 5.75 Å². The molecule has 2 aliphatic rings. The van der Waals surface area contributed by atoms with Crippen LogP contribution in [-0.2, 0) is 10.2 Å². The Bertz CT molecular complexity index is 849. The highest BCUT2D eigenvalue weighted by molar-refractivity contribution is 6.31. The number of carbonyl (C=O) groups is 1. The lowest BCUT2D eigenvalue weighted by atomic mass is 9.92. The maximum atomic E-state index is 12.6. The molecule has 5 heteroatoms. The van der Waals surface area contributed by atoms with Crippen molar-refractivity contribution >= 4 is 23.2 Å². The van der Waals surface area contributed by atoms with Gasteiger partial charge in [0.2, 0.25) is 5.91 Å². The molecule has 2 heterocycles. The number of fused-ring (bicyclic) bond motifs is 2. The van der Waals surface area contributed by atoms with E-state index in [4.69, 9.17) is 16.3 Å². The molecular formula is C18H17ClN2O2. The molecule has 2 aromatic rings. The Morgan fingerprint density at radius 2 is 2.17 bits per heavy atom. The summed E-state index contributed by atoms with van der Waals surface area (Å²) in [6, 6.07) is 5.57. The van der Waals surface area contributed by atoms with Crippen LogP contribution in [0.4, 0.5) is 5.69 Å². The molecule has 0 bridgehead atoms. The normalized spacial score (nSPS) is 24.5. The summed E-state index contributed by atoms with van der Waals surface area (Å²) in [6.45, 7) is 3.98. The lowest BCUT2D eigenvalue weighted by Crippen LogP contribution is -2.21. The average Bonchev–Trinajstić information content (AvgIpc) is 3.19. The molecule has 1 spiro atoms. The molecule has 23 heavy (non-hydrogen) atoms. The molecule has 2 unspecified atom stereocenters. The molecule has 1 aliphatic heterocycles. The van der Waals surface area contributed by atoms with Crippen molar-refractivity contribution in [3.8, 4) is 5.75 Å². The number of pyridine rings is 1. The van der Waals surface area contributed by atoms with Crippen molar-refractivity contribution in [3.05, 3.63) is 51.8 Å². The number of aromatic nitrogens is 1. The van der Waals surface area contributed by atoms with Crippen molar-refractivity contribution in [3.63, 3.8) is 0 Å². The predicted octanol–water partition coefficient (Wildman–Crippen LogP) is 3.74. The minimum absolute atomic E-state index is 0.0421. The van der Waals surface area contributed by atoms with Gasteiger partial charge in [0.15, 0.2) is 0 Å². The van der Waals surface area contributed by atoms with Crippen LogP contribution >= 0.6 is 11.6 Å². The summed E-state index contributed by atoms with van der Waals surface area (Å²) in [5, 5.41) is 3.63. The molecule has 1 aromatic heterocycles. The zero-order chi connectivity index (χ0) is 16.4. The molecule has 1 saturated carbocycles. The van der Waals surface area contributed by atoms with Gasteiger partial charge in [0.1, 0.15) is 5.75 Å². The van der Waals surface area contributed by atoms with Gasteiger partial charge in [0, 0.05) is 34.0 Å². The highest BCUT2D eigenvalue weighted by Gasteiger charge is 2.66. The summed E-state index contributed by atoms with van der Waals surface area (Å²) in [5.41, 5.74) is 4.27. The quantitative estimate of drug-likeness (QED) is 0.913. The van der Waals surface area contributed by atoms with Gasteiger partial charge < -0.3 is 10.1 Å². The number of hydrogen-bond donors (Lipinski definition) is 1. The number of halogens is 1. The third-order valence-corrected chi connectivity index (χ3v) is 5.33. The van der Waals surface area contributed by atoms with Gasteiger partial charge in [-0.1, -0.05) is 11.6 Å². The molecule has 118 valence electrons. The minimum atomic E-state index is -0.530. The van der Waals surface area contributed by atoms with Crippen LogP contribution in [0.2, 0.25) is 5.02 Å². The molecule has 4 rings (SSSR count). The summed E-state index contributed by atoms with van der Waals surface area (Å²) in [6.07, 6.45) is 2.57. The van der Waals surface area contributed by atoms with E-state index >= 15 is 0 Å². The highest BCUT2D eigenvalue weighted by Crippen LogP contribution is 2.65. The van der Waals surface area contributed by atoms with Crippen LogP contribution in [0, 0.1) is 13.8 Å². The SMILES string of the molecule is COc1c(C)cnc(C2CC23C(=O)Nc2ccc(Cl)cc23)c1C. The second-order valence-corrected chi connectivity index (χ2v) is 6.79. The van der Waals surface area contributed by atoms with E-state index in [9.17, 15) is 4.79 Å². The minimum Gasteiger partial charge on any atom is -0.496 e. The maximum absolute atomic E-state index is 12.6. The van der Waals surface area contributed by atoms with E-state index in [1.807, 2.05) is 32.2 Å². The first-order valence-corrected chi connectivity index (χ1v) is 7.98. The molecule has 1 amide bonds. The highest BCUT2D eigenvalue weighted by atomic mass is 35.5. The molecule has 2 atom stereocenters. The topological polar surface area (TPSA) is 51.2 Å². The number of amides is 1. The monoisotopic (exact) mass is 328 g/mol. The van der Waals surface area contributed by atoms with Gasteiger partial charge in [-0.15, -0.1) is 0 Å². The molecule has 0 radical (unpaired) electrons. The fourth-order valence-electron chi connectivity index (χ4n) is 3.89. The van der Waals surface area contributed by atoms with E-state index in [0.717, 1.165) is 40.2 Å². The predicted molar refractivity (Wildman–Crippen MR) is 89.4 cm³/mol. The van der Waals surface area contributed by atoms with Gasteiger partial charge in [-0.05, 0) is 44.0 Å². The third kappa shape index (κ3) is 1.84. The molecular weight excluding hydrogens is 312 g/mol. The number of nitrogens with zero attached hydrogens (tertiary/aromatic N) is 1. The van der Waals surface area contributed by atoms with E-state index in [0.29, 0.717) is 5.02 Å². The van der Waals surface area contributed by atoms with Gasteiger partial charge in [0.05, 0.1) is 18.2 Å². The Hall–Kier alpha value is -2.07. The third-order valence-electron chi connectivity index (χ3n) is 5.09. The van der Waals surface area contributed by atoms with Crippen molar-refractivity contribution < 1.29 is 9.53 Å². The number of anilines is 1. The summed E-state index contributed by atoms with van der Waals surface area (Å²) in [5.74, 6) is 0.957. The first kappa shape index (κ1) is 14.5. The average molecular weight is 329 g/mol. The Morgan fingerprint density at radius 3 is 2.91 bits per heavy atom. The summed E-state index contributed by atoms with van der Waals surface area (Å²) < 4.78 is 5.50. The van der Waals surface area contributed by atoms with Crippen LogP contribution in [0.1, 0.15) is 34.7 Å². The molecule has 0 saturated heterocycles. The standard InChI is InChI=1S/C18H17ClN2O2/c1-9-8-20-15(10(2)16(9)23-3)13-7-18(13)12-6-11(19)4-5-14(12)21-17(18)22/h4-6,8,13H,7H2,1-3H3,(H,21,22). The first-order valence-electron chi connectivity index (χ1n) is 7.60. The fourth-order valence-corrected chi connectivity index (χ4v) is 4.06. The van der Waals surface area contributed by atoms with Gasteiger partial charge in [-0.3, -0.25) is 9.78 Å². The molecule has 1 fully saturated rings. The lowest BCUT2D eigenvalue weighted by Gasteiger charge is -2.14. The second-order valence-electron chi connectivity index (χ2n) is 6.36. The van der Waals surface area contributed by atoms with Crippen molar-refractivity contribution in [1.29, 1.82) is 0 Å². The van der Waals surface area contributed by atoms with E-state index in [1.165, 1.54) is 0 Å². The van der Waals surface area contributed by atoms with E-state index < -0.39 is 5.41 Å². The Kier molecular flexibility index (Phi) is 2.97. The van der Waals surface area contributed by atoms with Crippen LogP contribution in [0.3, 0.4) is 0 Å². The van der Waals surface area contributed by atoms with Crippen LogP contribution in [0.25, 0.3) is 0 Å². The lowest BCUT2D eigenvalue weighted by molar-refractivity contribution is -0.118. The Labute approximate surface area is 139 Å². The number of carbonyl (C=O) groups excluding carboxylic acids is 1. The number of nitrogens with one attached hydrogen (secondary N) is 1. The maximum Gasteiger partial charge on any atom is 0.235 e. The van der Waals surface area contributed by atoms with Crippen LogP contribution in [-0.4, -0.2) is 18.0 Å². The number of hydrogen-bond acceptors (Lipinski definition) is 3. The molecule has 1 aliphatic carbocycles. The number of aryl methyl sites for hydroxylation is 1. The van der Waals surface area contributed by atoms with Crippen molar-refractivity contribution in [2.24, 2.45) is 0 Å². The summed E-state index contributed by atoms with van der Waals surface area (Å²) >= 11 is 6.14. The second kappa shape index (κ2) is 4.71. The van der Waals surface area contributed by atoms with Gasteiger partial charge in [-0.25, -0.2) is 0 Å². The van der Waals surface area contributed by atoms with Crippen LogP contribution in [0.15, 0.2) is 24.4 Å². The van der Waals surface area contributed by atoms with E-state index in [2.05, 4.69) is 10.3 Å². The van der Waals surface area contributed by atoms with Gasteiger partial charge in [-0.2, -0.15) is 0 Å². The first-order chi connectivity index (χ1) is 11.0. The van der Waals surface area contributed by atoms with Gasteiger partial charge in [0.25, 0.3) is 0 Å². The van der Waals surface area contributed by atoms with Crippen LogP contribution < -0.4 is 10.1 Å². The zero-order valence-corrected chi connectivity index (χ0v) is 14.0. The fraction of sp³-hybridized carbons (Fsp3) is 0.333.